The molecule has 0 spiro atoms. The minimum Gasteiger partial charge on any atom is -0.258 e. The minimum absolute atomic E-state index is 0.0129. The van der Waals surface area contributed by atoms with Crippen molar-refractivity contribution in [2.75, 3.05) is 5.75 Å². The summed E-state index contributed by atoms with van der Waals surface area (Å²) in [5.41, 5.74) is 0.0588. The van der Waals surface area contributed by atoms with Crippen molar-refractivity contribution in [3.05, 3.63) is 30.1 Å². The van der Waals surface area contributed by atoms with Gasteiger partial charge in [0, 0.05) is 6.20 Å². The summed E-state index contributed by atoms with van der Waals surface area (Å²) in [6, 6.07) is 5.67. The van der Waals surface area contributed by atoms with E-state index in [0.717, 1.165) is 25.0 Å². The van der Waals surface area contributed by atoms with Crippen LogP contribution in [0.25, 0.3) is 0 Å². The van der Waals surface area contributed by atoms with E-state index in [2.05, 4.69) is 4.98 Å². The van der Waals surface area contributed by atoms with Crippen molar-refractivity contribution in [3.8, 4) is 0 Å². The highest BCUT2D eigenvalue weighted by molar-refractivity contribution is 7.86. The Balaban J connectivity index is 2.04. The molecule has 1 atom stereocenters. The van der Waals surface area contributed by atoms with Crippen LogP contribution in [-0.2, 0) is 19.9 Å². The molecule has 3 saturated carbocycles. The number of fused-ring (bicyclic) bond motifs is 3. The average molecular weight is 295 g/mol. The van der Waals surface area contributed by atoms with Crippen molar-refractivity contribution in [2.45, 2.75) is 44.6 Å². The standard InChI is InChI=1S/C15H21NO3S/c1-2-20(17,18)19-15(14-5-3-4-10-16-14)11-12-6-8-13(15)9-7-12/h3-5,10,12-13H,2,6-9,11H2,1H3. The summed E-state index contributed by atoms with van der Waals surface area (Å²) in [5.74, 6) is 0.844. The van der Waals surface area contributed by atoms with E-state index in [1.165, 1.54) is 12.8 Å². The lowest BCUT2D eigenvalue weighted by Gasteiger charge is -2.50. The summed E-state index contributed by atoms with van der Waals surface area (Å²) >= 11 is 0. The number of aromatic nitrogens is 1. The van der Waals surface area contributed by atoms with Crippen molar-refractivity contribution in [3.63, 3.8) is 0 Å². The lowest BCUT2D eigenvalue weighted by molar-refractivity contribution is -0.0814. The first kappa shape index (κ1) is 14.0. The van der Waals surface area contributed by atoms with E-state index in [0.29, 0.717) is 5.92 Å². The lowest BCUT2D eigenvalue weighted by Crippen LogP contribution is -2.48. The average Bonchev–Trinajstić information content (AvgIpc) is 2.49. The summed E-state index contributed by atoms with van der Waals surface area (Å²) in [7, 11) is -3.49. The van der Waals surface area contributed by atoms with Gasteiger partial charge in [0.05, 0.1) is 11.4 Å². The number of nitrogens with zero attached hydrogens (tertiary/aromatic N) is 1. The normalized spacial score (nSPS) is 33.2. The lowest BCUT2D eigenvalue weighted by atomic mass is 9.61. The highest BCUT2D eigenvalue weighted by Crippen LogP contribution is 2.54. The molecule has 1 aromatic rings. The third-order valence-electron chi connectivity index (χ3n) is 4.83. The molecular weight excluding hydrogens is 274 g/mol. The van der Waals surface area contributed by atoms with Crippen molar-refractivity contribution in [2.24, 2.45) is 11.8 Å². The molecule has 0 radical (unpaired) electrons. The van der Waals surface area contributed by atoms with Crippen LogP contribution in [0.5, 0.6) is 0 Å². The Kier molecular flexibility index (Phi) is 3.58. The highest BCUT2D eigenvalue weighted by atomic mass is 32.2. The molecular formula is C15H21NO3S. The number of rotatable bonds is 4. The number of hydrogen-bond donors (Lipinski definition) is 0. The predicted molar refractivity (Wildman–Crippen MR) is 76.5 cm³/mol. The molecule has 2 bridgehead atoms. The van der Waals surface area contributed by atoms with Gasteiger partial charge in [-0.05, 0) is 63.0 Å². The summed E-state index contributed by atoms with van der Waals surface area (Å²) in [6.45, 7) is 1.63. The second-order valence-electron chi connectivity index (χ2n) is 5.96. The van der Waals surface area contributed by atoms with Crippen LogP contribution in [0.4, 0.5) is 0 Å². The Morgan fingerprint density at radius 1 is 1.30 bits per heavy atom. The fourth-order valence-electron chi connectivity index (χ4n) is 3.79. The van der Waals surface area contributed by atoms with Crippen LogP contribution in [-0.4, -0.2) is 19.2 Å². The fourth-order valence-corrected chi connectivity index (χ4v) is 4.65. The topological polar surface area (TPSA) is 56.3 Å². The maximum absolute atomic E-state index is 12.1. The van der Waals surface area contributed by atoms with Crippen LogP contribution < -0.4 is 0 Å². The van der Waals surface area contributed by atoms with Gasteiger partial charge in [0.25, 0.3) is 10.1 Å². The summed E-state index contributed by atoms with van der Waals surface area (Å²) in [6.07, 6.45) is 6.97. The predicted octanol–water partition coefficient (Wildman–Crippen LogP) is 2.85. The molecule has 4 nitrogen and oxygen atoms in total. The zero-order valence-electron chi connectivity index (χ0n) is 11.8. The van der Waals surface area contributed by atoms with E-state index in [4.69, 9.17) is 4.18 Å². The Morgan fingerprint density at radius 2 is 2.05 bits per heavy atom. The maximum Gasteiger partial charge on any atom is 0.267 e. The third-order valence-corrected chi connectivity index (χ3v) is 6.08. The smallest absolute Gasteiger partial charge is 0.258 e. The quantitative estimate of drug-likeness (QED) is 0.801. The molecule has 20 heavy (non-hydrogen) atoms. The Morgan fingerprint density at radius 3 is 2.55 bits per heavy atom. The number of pyridine rings is 1. The van der Waals surface area contributed by atoms with Gasteiger partial charge in [-0.15, -0.1) is 0 Å². The maximum atomic E-state index is 12.1. The van der Waals surface area contributed by atoms with Gasteiger partial charge in [-0.1, -0.05) is 6.07 Å². The molecule has 110 valence electrons. The van der Waals surface area contributed by atoms with Crippen LogP contribution in [0.1, 0.15) is 44.7 Å². The van der Waals surface area contributed by atoms with E-state index in [-0.39, 0.29) is 11.7 Å². The Hall–Kier alpha value is -0.940. The molecule has 0 aliphatic heterocycles. The molecule has 4 rings (SSSR count). The van der Waals surface area contributed by atoms with Crippen molar-refractivity contribution in [1.82, 2.24) is 4.98 Å². The molecule has 3 fully saturated rings. The number of hydrogen-bond acceptors (Lipinski definition) is 4. The van der Waals surface area contributed by atoms with E-state index in [9.17, 15) is 8.42 Å². The van der Waals surface area contributed by atoms with E-state index < -0.39 is 15.7 Å². The van der Waals surface area contributed by atoms with E-state index in [1.54, 1.807) is 13.1 Å². The van der Waals surface area contributed by atoms with Crippen LogP contribution in [0.2, 0.25) is 0 Å². The van der Waals surface area contributed by atoms with Crippen molar-refractivity contribution < 1.29 is 12.6 Å². The van der Waals surface area contributed by atoms with Crippen molar-refractivity contribution >= 4 is 10.1 Å². The summed E-state index contributed by atoms with van der Waals surface area (Å²) in [5, 5.41) is 0. The van der Waals surface area contributed by atoms with Gasteiger partial charge < -0.3 is 0 Å². The van der Waals surface area contributed by atoms with E-state index >= 15 is 0 Å². The SMILES string of the molecule is CCS(=O)(=O)OC1(c2ccccn2)CC2CCC1CC2. The molecule has 3 aliphatic carbocycles. The third kappa shape index (κ3) is 2.37. The van der Waals surface area contributed by atoms with E-state index in [1.807, 2.05) is 18.2 Å². The first-order valence-electron chi connectivity index (χ1n) is 7.40. The van der Waals surface area contributed by atoms with Crippen LogP contribution in [0, 0.1) is 11.8 Å². The van der Waals surface area contributed by atoms with Gasteiger partial charge >= 0.3 is 0 Å². The molecule has 0 N–H and O–H groups in total. The molecule has 5 heteroatoms. The zero-order valence-corrected chi connectivity index (χ0v) is 12.6. The largest absolute Gasteiger partial charge is 0.267 e. The van der Waals surface area contributed by atoms with Gasteiger partial charge in [-0.25, -0.2) is 0 Å². The summed E-state index contributed by atoms with van der Waals surface area (Å²) < 4.78 is 29.9. The monoisotopic (exact) mass is 295 g/mol. The van der Waals surface area contributed by atoms with Gasteiger partial charge in [0.15, 0.2) is 0 Å². The molecule has 1 aromatic heterocycles. The molecule has 1 unspecified atom stereocenters. The van der Waals surface area contributed by atoms with Gasteiger partial charge in [0.1, 0.15) is 5.60 Å². The first-order chi connectivity index (χ1) is 9.56. The van der Waals surface area contributed by atoms with Gasteiger partial charge in [-0.2, -0.15) is 8.42 Å². The molecule has 0 saturated heterocycles. The molecule has 1 heterocycles. The van der Waals surface area contributed by atoms with Crippen LogP contribution >= 0.6 is 0 Å². The Labute approximate surface area is 120 Å². The van der Waals surface area contributed by atoms with Crippen LogP contribution in [0.3, 0.4) is 0 Å². The minimum atomic E-state index is -3.49. The summed E-state index contributed by atoms with van der Waals surface area (Å²) in [4.78, 5) is 4.42. The molecule has 0 amide bonds. The van der Waals surface area contributed by atoms with Gasteiger partial charge in [0.2, 0.25) is 0 Å². The second-order valence-corrected chi connectivity index (χ2v) is 7.82. The highest BCUT2D eigenvalue weighted by Gasteiger charge is 2.52. The fraction of sp³-hybridized carbons (Fsp3) is 0.667. The molecule has 3 aliphatic rings. The van der Waals surface area contributed by atoms with Crippen LogP contribution in [0.15, 0.2) is 24.4 Å². The zero-order chi connectivity index (χ0) is 14.2. The Bertz CT molecular complexity index is 564. The van der Waals surface area contributed by atoms with Gasteiger partial charge in [-0.3, -0.25) is 9.17 Å². The second kappa shape index (κ2) is 5.11. The first-order valence-corrected chi connectivity index (χ1v) is 8.98. The van der Waals surface area contributed by atoms with Crippen molar-refractivity contribution in [1.29, 1.82) is 0 Å². The molecule has 0 aromatic carbocycles.